The van der Waals surface area contributed by atoms with E-state index in [0.29, 0.717) is 34.8 Å². The van der Waals surface area contributed by atoms with Crippen LogP contribution < -0.4 is 5.69 Å². The summed E-state index contributed by atoms with van der Waals surface area (Å²) in [7, 11) is 5.20. The summed E-state index contributed by atoms with van der Waals surface area (Å²) in [5.74, 6) is -0.572. The van der Waals surface area contributed by atoms with Crippen LogP contribution in [-0.2, 0) is 40.3 Å². The maximum Gasteiger partial charge on any atom is 0.329 e. The number of hydrogen-bond acceptors (Lipinski definition) is 7. The number of aromatic amines is 1. The van der Waals surface area contributed by atoms with Gasteiger partial charge in [0.15, 0.2) is 0 Å². The molecule has 0 saturated heterocycles. The lowest BCUT2D eigenvalue weighted by molar-refractivity contribution is -0.0411. The van der Waals surface area contributed by atoms with Crippen LogP contribution >= 0.6 is 0 Å². The predicted molar refractivity (Wildman–Crippen MR) is 191 cm³/mol. The van der Waals surface area contributed by atoms with Gasteiger partial charge in [-0.2, -0.15) is 4.39 Å². The first-order valence-corrected chi connectivity index (χ1v) is 17.9. The normalized spacial score (nSPS) is 20.6. The molecule has 264 valence electrons. The number of methoxy groups -OCH3 is 1. The highest BCUT2D eigenvalue weighted by molar-refractivity contribution is 7.79. The summed E-state index contributed by atoms with van der Waals surface area (Å²) in [6, 6.07) is 16.4. The average Bonchev–Trinajstić information content (AvgIpc) is 3.89. The first kappa shape index (κ1) is 35.4. The number of aryl methyl sites for hydroxylation is 2. The van der Waals surface area contributed by atoms with Gasteiger partial charge in [-0.3, -0.25) is 18.0 Å². The van der Waals surface area contributed by atoms with E-state index in [1.54, 1.807) is 68.5 Å². The van der Waals surface area contributed by atoms with Gasteiger partial charge in [0.1, 0.15) is 5.65 Å². The molecule has 0 amide bonds. The predicted octanol–water partition coefficient (Wildman–Crippen LogP) is 6.75. The fraction of sp³-hybridized carbons (Fsp3) is 0.378. The van der Waals surface area contributed by atoms with E-state index >= 15 is 4.39 Å². The molecule has 2 aliphatic heterocycles. The van der Waals surface area contributed by atoms with Crippen LogP contribution in [0.3, 0.4) is 0 Å². The highest BCUT2D eigenvalue weighted by Gasteiger charge is 2.34. The first-order valence-electron chi connectivity index (χ1n) is 16.8. The Morgan fingerprint density at radius 2 is 1.82 bits per heavy atom. The molecule has 1 saturated carbocycles. The van der Waals surface area contributed by atoms with Gasteiger partial charge >= 0.3 is 5.69 Å². The fourth-order valence-corrected chi connectivity index (χ4v) is 7.43. The van der Waals surface area contributed by atoms with E-state index in [9.17, 15) is 13.6 Å². The van der Waals surface area contributed by atoms with Gasteiger partial charge < -0.3 is 19.0 Å². The van der Waals surface area contributed by atoms with Gasteiger partial charge in [-0.15, -0.1) is 5.10 Å². The Kier molecular flexibility index (Phi) is 10.2. The molecule has 4 bridgehead atoms. The van der Waals surface area contributed by atoms with E-state index in [0.717, 1.165) is 52.4 Å². The van der Waals surface area contributed by atoms with E-state index in [1.165, 1.54) is 4.68 Å². The lowest BCUT2D eigenvalue weighted by Gasteiger charge is -2.29. The molecular formula is C37H42FN6O5S-. The van der Waals surface area contributed by atoms with Crippen molar-refractivity contribution >= 4 is 33.1 Å². The van der Waals surface area contributed by atoms with Crippen molar-refractivity contribution in [1.29, 1.82) is 0 Å². The molecule has 0 spiro atoms. The van der Waals surface area contributed by atoms with Gasteiger partial charge in [0.25, 0.3) is 0 Å². The average molecular weight is 702 g/mol. The number of nitrogens with zero attached hydrogens (tertiary/aromatic N) is 5. The van der Waals surface area contributed by atoms with Gasteiger partial charge in [0.05, 0.1) is 52.2 Å². The Morgan fingerprint density at radius 1 is 1.10 bits per heavy atom. The van der Waals surface area contributed by atoms with Crippen LogP contribution in [0, 0.1) is 5.95 Å². The number of benzene rings is 2. The lowest BCUT2D eigenvalue weighted by Crippen LogP contribution is -2.27. The summed E-state index contributed by atoms with van der Waals surface area (Å²) in [5, 5.41) is 4.75. The minimum Gasteiger partial charge on any atom is -0.768 e. The van der Waals surface area contributed by atoms with Crippen LogP contribution in [0.15, 0.2) is 76.7 Å². The van der Waals surface area contributed by atoms with Crippen molar-refractivity contribution in [3.05, 3.63) is 89.0 Å². The minimum atomic E-state index is -2.08. The second kappa shape index (κ2) is 14.4. The topological polar surface area (TPSA) is 132 Å². The molecule has 0 radical (unpaired) electrons. The van der Waals surface area contributed by atoms with Gasteiger partial charge in [-0.05, 0) is 60.5 Å². The van der Waals surface area contributed by atoms with Crippen LogP contribution in [-0.4, -0.2) is 57.5 Å². The van der Waals surface area contributed by atoms with E-state index < -0.39 is 22.6 Å². The quantitative estimate of drug-likeness (QED) is 0.202. The molecule has 2 unspecified atom stereocenters. The van der Waals surface area contributed by atoms with Crippen molar-refractivity contribution in [3.8, 4) is 22.4 Å². The maximum absolute atomic E-state index is 15.1. The summed E-state index contributed by atoms with van der Waals surface area (Å²) in [4.78, 5) is 22.1. The lowest BCUT2D eigenvalue weighted by atomic mass is 9.90. The highest BCUT2D eigenvalue weighted by atomic mass is 32.2. The second-order valence-electron chi connectivity index (χ2n) is 12.6. The molecule has 13 heteroatoms. The van der Waals surface area contributed by atoms with Crippen molar-refractivity contribution in [2.75, 3.05) is 13.7 Å². The molecular weight excluding hydrogens is 660 g/mol. The maximum atomic E-state index is 15.1. The molecule has 3 aliphatic rings. The third-order valence-corrected chi connectivity index (χ3v) is 10.4. The number of hydrogen-bond donors (Lipinski definition) is 1. The molecule has 11 nitrogen and oxygen atoms in total. The van der Waals surface area contributed by atoms with Gasteiger partial charge in [0, 0.05) is 50.3 Å². The van der Waals surface area contributed by atoms with Crippen molar-refractivity contribution in [1.82, 2.24) is 28.9 Å². The Morgan fingerprint density at radius 3 is 2.44 bits per heavy atom. The number of halogens is 1. The number of aromatic nitrogens is 6. The first-order chi connectivity index (χ1) is 24.1. The van der Waals surface area contributed by atoms with Gasteiger partial charge in [-0.25, -0.2) is 9.78 Å². The van der Waals surface area contributed by atoms with E-state index in [4.69, 9.17) is 14.5 Å². The third kappa shape index (κ3) is 6.34. The molecule has 6 aromatic rings. The number of H-pyrrole nitrogens is 1. The minimum absolute atomic E-state index is 0.0150. The largest absolute Gasteiger partial charge is 0.768 e. The van der Waals surface area contributed by atoms with Crippen LogP contribution in [0.2, 0.25) is 0 Å². The smallest absolute Gasteiger partial charge is 0.329 e. The van der Waals surface area contributed by atoms with Gasteiger partial charge in [0.2, 0.25) is 5.95 Å². The van der Waals surface area contributed by atoms with Crippen molar-refractivity contribution < 1.29 is 22.6 Å². The molecule has 4 atom stereocenters. The molecule has 4 aromatic heterocycles. The Labute approximate surface area is 292 Å². The zero-order valence-electron chi connectivity index (χ0n) is 29.1. The number of fused-ring (bicyclic) bond motifs is 5. The fourth-order valence-electron chi connectivity index (χ4n) is 7.05. The van der Waals surface area contributed by atoms with Gasteiger partial charge in [-0.1, -0.05) is 56.3 Å². The van der Waals surface area contributed by atoms with Crippen LogP contribution in [0.4, 0.5) is 4.39 Å². The zero-order valence-corrected chi connectivity index (χ0v) is 29.9. The summed E-state index contributed by atoms with van der Waals surface area (Å²) in [6.45, 7) is 6.64. The van der Waals surface area contributed by atoms with Crippen LogP contribution in [0.1, 0.15) is 58.1 Å². The van der Waals surface area contributed by atoms with Crippen LogP contribution in [0.25, 0.3) is 44.5 Å². The van der Waals surface area contributed by atoms with E-state index in [1.807, 2.05) is 30.5 Å². The number of imidazole rings is 1. The van der Waals surface area contributed by atoms with Crippen LogP contribution in [0.5, 0.6) is 0 Å². The Hall–Kier alpha value is -4.43. The molecule has 50 heavy (non-hydrogen) atoms. The van der Waals surface area contributed by atoms with E-state index in [-0.39, 0.29) is 17.8 Å². The molecule has 6 heterocycles. The van der Waals surface area contributed by atoms with Crippen molar-refractivity contribution in [3.63, 3.8) is 0 Å². The SMILES string of the molecule is CC.COC1(C)CCO[C@H]2CC[C@@H](C2)n2c(=O)n(C)c3cnc4[nH]c(-c5cn(C)nc5F)c(c4c32)-c2ccc1cc2.O=S([O-])c1ccccc1. The Bertz CT molecular complexity index is 2210. The molecule has 9 rings (SSSR count). The number of ether oxygens (including phenoxy) is 2. The number of rotatable bonds is 3. The summed E-state index contributed by atoms with van der Waals surface area (Å²) in [5.41, 5.74) is 5.17. The monoisotopic (exact) mass is 701 g/mol. The van der Waals surface area contributed by atoms with Crippen molar-refractivity contribution in [2.24, 2.45) is 14.1 Å². The zero-order chi connectivity index (χ0) is 35.7. The molecule has 1 aliphatic carbocycles. The highest BCUT2D eigenvalue weighted by Crippen LogP contribution is 2.44. The molecule has 1 fully saturated rings. The van der Waals surface area contributed by atoms with Crippen molar-refractivity contribution in [2.45, 2.75) is 69.1 Å². The summed E-state index contributed by atoms with van der Waals surface area (Å²) >= 11 is -2.08. The number of pyridine rings is 1. The second-order valence-corrected chi connectivity index (χ2v) is 13.5. The standard InChI is InChI=1S/C29H31FN6O3.C6H6O2S.C2H6/c1-29(38-4)11-12-39-19-10-9-18(13-19)36-25-21(35(3)28(36)37)14-31-27-23(25)22(16-5-7-17(29)8-6-16)24(32-27)20-15-34(2)33-26(20)30;7-9(8)6-4-2-1-3-5-6;1-2/h5-8,14-15,18-19H,9-13H2,1-4H3,(H,31,32);1-5H,(H,7,8);1-2H3/p-1/t18-,19-,29?;;/m0../s1. The molecule has 2 aromatic carbocycles. The number of nitrogens with one attached hydrogen (secondary N) is 1. The summed E-state index contributed by atoms with van der Waals surface area (Å²) < 4.78 is 52.9. The third-order valence-electron chi connectivity index (χ3n) is 9.75. The van der Waals surface area contributed by atoms with E-state index in [2.05, 4.69) is 29.1 Å². The summed E-state index contributed by atoms with van der Waals surface area (Å²) in [6.07, 6.45) is 6.62. The Balaban J connectivity index is 0.000000340. The molecule has 1 N–H and O–H groups in total.